The van der Waals surface area contributed by atoms with Crippen molar-refractivity contribution in [3.05, 3.63) is 185 Å². The molecule has 6 rings (SSSR count). The number of aryl methyl sites for hydroxylation is 5. The van der Waals surface area contributed by atoms with Crippen LogP contribution in [0.2, 0.25) is 0 Å². The lowest BCUT2D eigenvalue weighted by atomic mass is 10.1. The Morgan fingerprint density at radius 2 is 0.983 bits per heavy atom. The highest BCUT2D eigenvalue weighted by Gasteiger charge is 2.03. The largest absolute Gasteiger partial charge is 0.504 e. The second kappa shape index (κ2) is 27.6. The Kier molecular flexibility index (Phi) is 22.2. The van der Waals surface area contributed by atoms with E-state index >= 15 is 0 Å². The van der Waals surface area contributed by atoms with Crippen LogP contribution in [0.4, 0.5) is 17.1 Å². The molecule has 0 fully saturated rings. The van der Waals surface area contributed by atoms with Crippen LogP contribution in [-0.4, -0.2) is 39.3 Å². The van der Waals surface area contributed by atoms with E-state index in [-0.39, 0.29) is 11.5 Å². The maximum Gasteiger partial charge on any atom is 0.170 e. The molecule has 0 heterocycles. The molecule has 6 aromatic carbocycles. The lowest BCUT2D eigenvalue weighted by Crippen LogP contribution is -2.30. The fourth-order valence-corrected chi connectivity index (χ4v) is 6.19. The van der Waals surface area contributed by atoms with Crippen LogP contribution in [0, 0.1) is 38.4 Å². The lowest BCUT2D eigenvalue weighted by molar-refractivity contribution is 0.404. The lowest BCUT2D eigenvalue weighted by Gasteiger charge is -2.11. The molecule has 0 bridgehead atoms. The quantitative estimate of drug-likeness (QED) is 0.0167. The minimum atomic E-state index is -0.179. The molecule has 0 unspecified atom stereocenters. The normalized spacial score (nSPS) is 9.78. The van der Waals surface area contributed by atoms with Gasteiger partial charge in [-0.25, -0.2) is 0 Å². The number of nitrogens with zero attached hydrogens (tertiary/aromatic N) is 1. The molecule has 8 nitrogen and oxygen atoms in total. The van der Waals surface area contributed by atoms with Crippen LogP contribution < -0.4 is 27.0 Å². The Morgan fingerprint density at radius 3 is 1.42 bits per heavy atom. The summed E-state index contributed by atoms with van der Waals surface area (Å²) in [4.78, 5) is 0. The summed E-state index contributed by atoms with van der Waals surface area (Å²) in [6.07, 6.45) is 2.83. The molecule has 0 aliphatic heterocycles. The number of thiocyanates is 1. The number of thioether (sulfide) groups is 1. The third kappa shape index (κ3) is 20.1. The number of rotatable bonds is 11. The van der Waals surface area contributed by atoms with Gasteiger partial charge in [0, 0.05) is 42.0 Å². The first-order valence-corrected chi connectivity index (χ1v) is 21.4. The number of nitrogen functional groups attached to an aromatic ring is 1. The molecule has 0 aliphatic carbocycles. The molecular formula is C49H56N6O2S3. The molecule has 0 amide bonds. The summed E-state index contributed by atoms with van der Waals surface area (Å²) in [6, 6.07) is 47.4. The third-order valence-electron chi connectivity index (χ3n) is 9.01. The molecule has 0 radical (unpaired) electrons. The molecule has 0 saturated heterocycles. The monoisotopic (exact) mass is 856 g/mol. The molecule has 0 spiro atoms. The van der Waals surface area contributed by atoms with Crippen molar-refractivity contribution in [2.75, 3.05) is 35.2 Å². The minimum absolute atomic E-state index is 0.154. The number of nitriles is 1. The molecule has 0 atom stereocenters. The summed E-state index contributed by atoms with van der Waals surface area (Å²) in [6.45, 7) is 9.91. The molecule has 6 aromatic rings. The molecule has 60 heavy (non-hydrogen) atoms. The number of hydrogen-bond donors (Lipinski definition) is 7. The zero-order chi connectivity index (χ0) is 43.5. The Morgan fingerprint density at radius 1 is 0.550 bits per heavy atom. The van der Waals surface area contributed by atoms with Crippen LogP contribution in [0.3, 0.4) is 0 Å². The SMILES string of the molecule is Cc1ccc(N)cc1C.Cc1ccc(NC(=S)NCCc2ccccc2)cc1C.N#CSCCc1ccccc1.Oc1ccc(NC(=S)NCCc2ccccc2)cc1O. The molecule has 8 N–H and O–H groups in total. The number of aromatic hydroxyl groups is 2. The highest BCUT2D eigenvalue weighted by atomic mass is 32.2. The van der Waals surface area contributed by atoms with E-state index in [0.29, 0.717) is 15.9 Å². The van der Waals surface area contributed by atoms with Gasteiger partial charge in [-0.05, 0) is 158 Å². The first kappa shape index (κ1) is 48.3. The van der Waals surface area contributed by atoms with E-state index in [9.17, 15) is 10.2 Å². The maximum absolute atomic E-state index is 9.38. The van der Waals surface area contributed by atoms with Crippen molar-refractivity contribution >= 4 is 63.5 Å². The fraction of sp³-hybridized carbons (Fsp3) is 0.204. The number of benzene rings is 6. The van der Waals surface area contributed by atoms with Crippen LogP contribution in [0.5, 0.6) is 11.5 Å². The number of thiocarbonyl (C=S) groups is 2. The van der Waals surface area contributed by atoms with Crippen LogP contribution in [0.25, 0.3) is 0 Å². The van der Waals surface area contributed by atoms with E-state index < -0.39 is 0 Å². The van der Waals surface area contributed by atoms with E-state index in [4.69, 9.17) is 35.4 Å². The van der Waals surface area contributed by atoms with Crippen LogP contribution in [-0.2, 0) is 19.3 Å². The second-order valence-corrected chi connectivity index (χ2v) is 15.5. The van der Waals surface area contributed by atoms with E-state index in [1.165, 1.54) is 62.8 Å². The minimum Gasteiger partial charge on any atom is -0.504 e. The van der Waals surface area contributed by atoms with E-state index in [2.05, 4.69) is 115 Å². The van der Waals surface area contributed by atoms with Gasteiger partial charge in [0.1, 0.15) is 5.40 Å². The van der Waals surface area contributed by atoms with Gasteiger partial charge in [-0.15, -0.1) is 0 Å². The zero-order valence-electron chi connectivity index (χ0n) is 34.7. The second-order valence-electron chi connectivity index (χ2n) is 13.8. The number of phenols is 2. The van der Waals surface area contributed by atoms with Gasteiger partial charge in [0.25, 0.3) is 0 Å². The summed E-state index contributed by atoms with van der Waals surface area (Å²) in [5.74, 6) is 0.557. The first-order valence-electron chi connectivity index (χ1n) is 19.6. The van der Waals surface area contributed by atoms with Gasteiger partial charge in [0.05, 0.1) is 0 Å². The smallest absolute Gasteiger partial charge is 0.170 e. The number of hydrogen-bond acceptors (Lipinski definition) is 7. The van der Waals surface area contributed by atoms with Crippen molar-refractivity contribution < 1.29 is 10.2 Å². The Balaban J connectivity index is 0.000000225. The summed E-state index contributed by atoms with van der Waals surface area (Å²) < 4.78 is 0. The molecule has 0 saturated carbocycles. The molecule has 312 valence electrons. The summed E-state index contributed by atoms with van der Waals surface area (Å²) in [5, 5.41) is 42.5. The maximum atomic E-state index is 9.38. The average molecular weight is 857 g/mol. The zero-order valence-corrected chi connectivity index (χ0v) is 37.2. The number of anilines is 3. The van der Waals surface area contributed by atoms with Gasteiger partial charge in [-0.3, -0.25) is 0 Å². The number of phenolic OH excluding ortho intramolecular Hbond substituents is 2. The Labute approximate surface area is 371 Å². The Hall–Kier alpha value is -6.06. The summed E-state index contributed by atoms with van der Waals surface area (Å²) in [7, 11) is 0. The van der Waals surface area contributed by atoms with E-state index in [1.807, 2.05) is 66.7 Å². The average Bonchev–Trinajstić information content (AvgIpc) is 3.24. The van der Waals surface area contributed by atoms with Gasteiger partial charge >= 0.3 is 0 Å². The van der Waals surface area contributed by atoms with Crippen molar-refractivity contribution in [1.29, 1.82) is 5.26 Å². The predicted molar refractivity (Wildman–Crippen MR) is 263 cm³/mol. The summed E-state index contributed by atoms with van der Waals surface area (Å²) >= 11 is 11.8. The van der Waals surface area contributed by atoms with Crippen LogP contribution in [0.1, 0.15) is 38.9 Å². The number of nitrogens with one attached hydrogen (secondary N) is 4. The van der Waals surface area contributed by atoms with Crippen molar-refractivity contribution in [2.45, 2.75) is 47.0 Å². The van der Waals surface area contributed by atoms with E-state index in [1.54, 1.807) is 6.07 Å². The molecule has 0 aromatic heterocycles. The molecule has 11 heteroatoms. The van der Waals surface area contributed by atoms with Crippen molar-refractivity contribution in [3.8, 4) is 16.9 Å². The highest BCUT2D eigenvalue weighted by Crippen LogP contribution is 2.27. The van der Waals surface area contributed by atoms with Gasteiger partial charge in [-0.2, -0.15) is 5.26 Å². The molecule has 0 aliphatic rings. The van der Waals surface area contributed by atoms with E-state index in [0.717, 1.165) is 49.5 Å². The van der Waals surface area contributed by atoms with Gasteiger partial charge in [-0.1, -0.05) is 103 Å². The van der Waals surface area contributed by atoms with Crippen LogP contribution >= 0.6 is 36.2 Å². The van der Waals surface area contributed by atoms with Crippen LogP contribution in [0.15, 0.2) is 146 Å². The third-order valence-corrected chi connectivity index (χ3v) is 10.0. The standard InChI is InChI=1S/C17H20N2S.C15H16N2O2S.C9H9NS.C8H11N/c1-13-8-9-16(12-14(13)2)19-17(20)18-11-10-15-6-4-3-5-7-15;18-13-7-6-12(10-14(13)19)17-15(20)16-9-8-11-4-2-1-3-5-11;10-8-11-7-6-9-4-2-1-3-5-9;1-6-3-4-8(9)5-7(6)2/h3-9,12H,10-11H2,1-2H3,(H2,18,19,20);1-7,10,18-19H,8-9H2,(H2,16,17,20);1-5H,6-7H2;3-5H,9H2,1-2H3. The topological polar surface area (TPSA) is 138 Å². The van der Waals surface area contributed by atoms with Crippen molar-refractivity contribution in [2.24, 2.45) is 0 Å². The first-order chi connectivity index (χ1) is 28.9. The fourth-order valence-electron chi connectivity index (χ4n) is 5.32. The predicted octanol–water partition coefficient (Wildman–Crippen LogP) is 10.8. The van der Waals surface area contributed by atoms with Gasteiger partial charge < -0.3 is 37.2 Å². The number of nitrogens with two attached hydrogens (primary N) is 1. The molecular weight excluding hydrogens is 801 g/mol. The van der Waals surface area contributed by atoms with Gasteiger partial charge in [0.15, 0.2) is 21.7 Å². The van der Waals surface area contributed by atoms with Gasteiger partial charge in [0.2, 0.25) is 0 Å². The van der Waals surface area contributed by atoms with Crippen molar-refractivity contribution in [3.63, 3.8) is 0 Å². The summed E-state index contributed by atoms with van der Waals surface area (Å²) in [5.41, 5.74) is 17.0. The Bertz CT molecular complexity index is 2130. The highest BCUT2D eigenvalue weighted by molar-refractivity contribution is 8.03. The van der Waals surface area contributed by atoms with Crippen molar-refractivity contribution in [1.82, 2.24) is 10.6 Å².